The summed E-state index contributed by atoms with van der Waals surface area (Å²) in [6.07, 6.45) is 1.69. The summed E-state index contributed by atoms with van der Waals surface area (Å²) in [7, 11) is 0. The van der Waals surface area contributed by atoms with Gasteiger partial charge in [0.25, 0.3) is 0 Å². The number of hydrogen-bond donors (Lipinski definition) is 2. The third-order valence-corrected chi connectivity index (χ3v) is 2.91. The van der Waals surface area contributed by atoms with Gasteiger partial charge in [-0.15, -0.1) is 11.8 Å². The molecule has 0 radical (unpaired) electrons. The Labute approximate surface area is 95.0 Å². The summed E-state index contributed by atoms with van der Waals surface area (Å²) in [5.74, 6) is -1.50. The summed E-state index contributed by atoms with van der Waals surface area (Å²) in [5, 5.41) is 6.20. The molecule has 0 bridgehead atoms. The number of nitrogens with one attached hydrogen (secondary N) is 1. The maximum atomic E-state index is 13.7. The first-order valence-electron chi connectivity index (χ1n) is 4.46. The summed E-state index contributed by atoms with van der Waals surface area (Å²) in [6, 6.07) is 4.48. The monoisotopic (exact) mass is 241 g/mol. The van der Waals surface area contributed by atoms with Crippen LogP contribution >= 0.6 is 11.8 Å². The van der Waals surface area contributed by atoms with Crippen molar-refractivity contribution in [3.05, 3.63) is 29.8 Å². The molecule has 0 saturated heterocycles. The fraction of sp³-hybridized carbons (Fsp3) is 0.100. The Bertz CT molecular complexity index is 525. The molecule has 0 aliphatic carbocycles. The van der Waals surface area contributed by atoms with Crippen molar-refractivity contribution >= 4 is 17.6 Å². The predicted octanol–water partition coefficient (Wildman–Crippen LogP) is 2.66. The lowest BCUT2D eigenvalue weighted by atomic mass is 10.1. The predicted molar refractivity (Wildman–Crippen MR) is 60.1 cm³/mol. The topological polar surface area (TPSA) is 54.7 Å². The summed E-state index contributed by atoms with van der Waals surface area (Å²) >= 11 is 1.15. The first-order valence-corrected chi connectivity index (χ1v) is 5.69. The van der Waals surface area contributed by atoms with Crippen LogP contribution in [0.1, 0.15) is 0 Å². The number of benzene rings is 1. The van der Waals surface area contributed by atoms with Gasteiger partial charge >= 0.3 is 0 Å². The molecule has 0 atom stereocenters. The summed E-state index contributed by atoms with van der Waals surface area (Å²) in [4.78, 5) is 0.272. The van der Waals surface area contributed by atoms with Crippen molar-refractivity contribution < 1.29 is 8.78 Å². The van der Waals surface area contributed by atoms with Crippen LogP contribution in [0.4, 0.5) is 14.6 Å². The van der Waals surface area contributed by atoms with E-state index in [2.05, 4.69) is 10.2 Å². The Morgan fingerprint density at radius 1 is 1.31 bits per heavy atom. The molecule has 0 aliphatic heterocycles. The van der Waals surface area contributed by atoms with Crippen LogP contribution in [0.2, 0.25) is 0 Å². The quantitative estimate of drug-likeness (QED) is 0.795. The van der Waals surface area contributed by atoms with E-state index in [1.54, 1.807) is 6.26 Å². The number of nitrogen functional groups attached to an aromatic ring is 1. The van der Waals surface area contributed by atoms with E-state index in [0.29, 0.717) is 5.69 Å². The highest BCUT2D eigenvalue weighted by Gasteiger charge is 2.15. The standard InChI is InChI=1S/C10H9F2N3S/c1-16-7-3-2-5(9(11)10(7)12)6-4-8(13)15-14-6/h2-4H,1H3,(H3,13,14,15). The van der Waals surface area contributed by atoms with Crippen LogP contribution in [0.15, 0.2) is 23.1 Å². The van der Waals surface area contributed by atoms with Gasteiger partial charge in [0.2, 0.25) is 0 Å². The van der Waals surface area contributed by atoms with Gasteiger partial charge in [0, 0.05) is 16.5 Å². The van der Waals surface area contributed by atoms with Gasteiger partial charge in [-0.05, 0) is 18.4 Å². The fourth-order valence-corrected chi connectivity index (χ4v) is 1.85. The number of rotatable bonds is 2. The van der Waals surface area contributed by atoms with Gasteiger partial charge in [0.1, 0.15) is 5.82 Å². The van der Waals surface area contributed by atoms with E-state index in [4.69, 9.17) is 5.73 Å². The van der Waals surface area contributed by atoms with Gasteiger partial charge in [0.05, 0.1) is 5.69 Å². The maximum Gasteiger partial charge on any atom is 0.173 e. The molecule has 3 N–H and O–H groups in total. The highest BCUT2D eigenvalue weighted by molar-refractivity contribution is 7.98. The van der Waals surface area contributed by atoms with Crippen molar-refractivity contribution in [2.24, 2.45) is 0 Å². The largest absolute Gasteiger partial charge is 0.382 e. The molecule has 0 fully saturated rings. The molecule has 0 saturated carbocycles. The Kier molecular flexibility index (Phi) is 2.82. The average molecular weight is 241 g/mol. The Hall–Kier alpha value is -1.56. The van der Waals surface area contributed by atoms with Gasteiger partial charge < -0.3 is 5.73 Å². The SMILES string of the molecule is CSc1ccc(-c2cc(N)n[nH]2)c(F)c1F. The summed E-state index contributed by atoms with van der Waals surface area (Å²) < 4.78 is 27.2. The van der Waals surface area contributed by atoms with Crippen LogP contribution in [0.3, 0.4) is 0 Å². The van der Waals surface area contributed by atoms with Crippen LogP contribution < -0.4 is 5.73 Å². The molecule has 1 aromatic heterocycles. The Morgan fingerprint density at radius 2 is 2.06 bits per heavy atom. The minimum absolute atomic E-state index is 0.125. The van der Waals surface area contributed by atoms with Crippen molar-refractivity contribution in [2.45, 2.75) is 4.90 Å². The van der Waals surface area contributed by atoms with Crippen molar-refractivity contribution in [1.29, 1.82) is 0 Å². The third-order valence-electron chi connectivity index (χ3n) is 2.15. The molecule has 1 heterocycles. The van der Waals surface area contributed by atoms with Crippen molar-refractivity contribution in [2.75, 3.05) is 12.0 Å². The van der Waals surface area contributed by atoms with E-state index in [1.165, 1.54) is 18.2 Å². The highest BCUT2D eigenvalue weighted by Crippen LogP contribution is 2.29. The Morgan fingerprint density at radius 3 is 2.62 bits per heavy atom. The molecule has 3 nitrogen and oxygen atoms in total. The first-order chi connectivity index (χ1) is 7.63. The molecule has 1 aromatic carbocycles. The van der Waals surface area contributed by atoms with Gasteiger partial charge in [-0.25, -0.2) is 8.78 Å². The smallest absolute Gasteiger partial charge is 0.173 e. The van der Waals surface area contributed by atoms with Gasteiger partial charge in [-0.3, -0.25) is 5.10 Å². The number of anilines is 1. The molecule has 6 heteroatoms. The zero-order valence-electron chi connectivity index (χ0n) is 8.42. The molecule has 84 valence electrons. The molecule has 0 unspecified atom stereocenters. The van der Waals surface area contributed by atoms with E-state index in [0.717, 1.165) is 11.8 Å². The third kappa shape index (κ3) is 1.76. The molecule has 2 aromatic rings. The molecule has 0 amide bonds. The van der Waals surface area contributed by atoms with Gasteiger partial charge in [-0.1, -0.05) is 0 Å². The molecule has 16 heavy (non-hydrogen) atoms. The van der Waals surface area contributed by atoms with Crippen molar-refractivity contribution in [1.82, 2.24) is 10.2 Å². The summed E-state index contributed by atoms with van der Waals surface area (Å²) in [6.45, 7) is 0. The fourth-order valence-electron chi connectivity index (χ4n) is 1.37. The van der Waals surface area contributed by atoms with Crippen LogP contribution in [-0.4, -0.2) is 16.5 Å². The van der Waals surface area contributed by atoms with E-state index < -0.39 is 11.6 Å². The summed E-state index contributed by atoms with van der Waals surface area (Å²) in [5.41, 5.74) is 5.88. The second kappa shape index (κ2) is 4.13. The molecule has 2 rings (SSSR count). The highest BCUT2D eigenvalue weighted by atomic mass is 32.2. The number of halogens is 2. The van der Waals surface area contributed by atoms with Crippen molar-refractivity contribution in [3.8, 4) is 11.3 Å². The lowest BCUT2D eigenvalue weighted by molar-refractivity contribution is 0.494. The van der Waals surface area contributed by atoms with E-state index in [-0.39, 0.29) is 16.3 Å². The number of H-pyrrole nitrogens is 1. The normalized spacial score (nSPS) is 10.7. The van der Waals surface area contributed by atoms with Gasteiger partial charge in [-0.2, -0.15) is 5.10 Å². The molecule has 0 spiro atoms. The number of nitrogens with zero attached hydrogens (tertiary/aromatic N) is 1. The van der Waals surface area contributed by atoms with Gasteiger partial charge in [0.15, 0.2) is 11.6 Å². The van der Waals surface area contributed by atoms with Crippen LogP contribution in [-0.2, 0) is 0 Å². The minimum atomic E-state index is -0.893. The number of aromatic amines is 1. The van der Waals surface area contributed by atoms with E-state index in [1.807, 2.05) is 0 Å². The minimum Gasteiger partial charge on any atom is -0.382 e. The number of aromatic nitrogens is 2. The van der Waals surface area contributed by atoms with Crippen LogP contribution in [0.5, 0.6) is 0 Å². The zero-order chi connectivity index (χ0) is 11.7. The molecular formula is C10H9F2N3S. The maximum absolute atomic E-state index is 13.7. The Balaban J connectivity index is 2.55. The number of hydrogen-bond acceptors (Lipinski definition) is 3. The first kappa shape index (κ1) is 10.9. The lowest BCUT2D eigenvalue weighted by Gasteiger charge is -2.04. The number of thioether (sulfide) groups is 1. The second-order valence-corrected chi connectivity index (χ2v) is 4.00. The van der Waals surface area contributed by atoms with Crippen LogP contribution in [0, 0.1) is 11.6 Å². The second-order valence-electron chi connectivity index (χ2n) is 3.15. The molecular weight excluding hydrogens is 232 g/mol. The van der Waals surface area contributed by atoms with Crippen molar-refractivity contribution in [3.63, 3.8) is 0 Å². The molecule has 0 aliphatic rings. The number of nitrogens with two attached hydrogens (primary N) is 1. The van der Waals surface area contributed by atoms with Crippen LogP contribution in [0.25, 0.3) is 11.3 Å². The zero-order valence-corrected chi connectivity index (χ0v) is 9.24. The van der Waals surface area contributed by atoms with E-state index >= 15 is 0 Å². The average Bonchev–Trinajstić information content (AvgIpc) is 2.69. The van der Waals surface area contributed by atoms with E-state index in [9.17, 15) is 8.78 Å². The lowest BCUT2D eigenvalue weighted by Crippen LogP contribution is -1.92.